The molecule has 0 radical (unpaired) electrons. The highest BCUT2D eigenvalue weighted by Crippen LogP contribution is 2.45. The van der Waals surface area contributed by atoms with E-state index in [2.05, 4.69) is 34.2 Å². The Kier molecular flexibility index (Phi) is 6.86. The van der Waals surface area contributed by atoms with E-state index in [-0.39, 0.29) is 0 Å². The first-order chi connectivity index (χ1) is 9.65. The van der Waals surface area contributed by atoms with Gasteiger partial charge in [0.25, 0.3) is 0 Å². The van der Waals surface area contributed by atoms with Gasteiger partial charge in [-0.2, -0.15) is 0 Å². The van der Waals surface area contributed by atoms with Gasteiger partial charge in [-0.25, -0.2) is 0 Å². The van der Waals surface area contributed by atoms with Crippen molar-refractivity contribution >= 4 is 38.9 Å². The third-order valence-electron chi connectivity index (χ3n) is 4.52. The van der Waals surface area contributed by atoms with Crippen molar-refractivity contribution in [1.82, 2.24) is 5.32 Å². The summed E-state index contributed by atoms with van der Waals surface area (Å²) >= 11 is 11.4. The lowest BCUT2D eigenvalue weighted by molar-refractivity contribution is 0.246. The molecule has 1 aromatic heterocycles. The molecule has 1 heterocycles. The van der Waals surface area contributed by atoms with E-state index < -0.39 is 0 Å². The topological polar surface area (TPSA) is 12.0 Å². The molecule has 1 aromatic rings. The number of rotatable bonds is 8. The van der Waals surface area contributed by atoms with Crippen molar-refractivity contribution in [3.63, 3.8) is 0 Å². The molecule has 0 unspecified atom stereocenters. The minimum absolute atomic E-state index is 0.587. The minimum atomic E-state index is 0.587. The number of hydrogen-bond donors (Lipinski definition) is 1. The maximum absolute atomic E-state index is 6.13. The first kappa shape index (κ1) is 16.8. The van der Waals surface area contributed by atoms with Crippen molar-refractivity contribution in [2.45, 2.75) is 58.3 Å². The third-order valence-corrected chi connectivity index (χ3v) is 7.06. The van der Waals surface area contributed by atoms with Crippen LogP contribution in [0.25, 0.3) is 0 Å². The second-order valence-electron chi connectivity index (χ2n) is 6.04. The van der Waals surface area contributed by atoms with Crippen LogP contribution < -0.4 is 5.32 Å². The van der Waals surface area contributed by atoms with Crippen LogP contribution >= 0.6 is 38.9 Å². The second kappa shape index (κ2) is 8.17. The lowest BCUT2D eigenvalue weighted by Crippen LogP contribution is -2.25. The Balaban J connectivity index is 1.85. The van der Waals surface area contributed by atoms with Gasteiger partial charge in [-0.15, -0.1) is 11.3 Å². The Hall–Kier alpha value is 0.430. The zero-order valence-electron chi connectivity index (χ0n) is 12.3. The van der Waals surface area contributed by atoms with Crippen LogP contribution in [0.1, 0.15) is 56.7 Å². The highest BCUT2D eigenvalue weighted by molar-refractivity contribution is 9.11. The van der Waals surface area contributed by atoms with E-state index in [0.29, 0.717) is 5.41 Å². The van der Waals surface area contributed by atoms with Crippen LogP contribution in [0.3, 0.4) is 0 Å². The Morgan fingerprint density at radius 2 is 2.05 bits per heavy atom. The molecule has 0 aliphatic heterocycles. The van der Waals surface area contributed by atoms with Crippen LogP contribution in [0.2, 0.25) is 5.02 Å². The molecule has 4 heteroatoms. The maximum Gasteiger partial charge on any atom is 0.0887 e. The Bertz CT molecular complexity index is 393. The first-order valence-electron chi connectivity index (χ1n) is 7.80. The molecule has 0 spiro atoms. The fourth-order valence-electron chi connectivity index (χ4n) is 3.31. The van der Waals surface area contributed by atoms with Gasteiger partial charge in [0.15, 0.2) is 0 Å². The van der Waals surface area contributed by atoms with Crippen molar-refractivity contribution in [1.29, 1.82) is 0 Å². The molecule has 0 atom stereocenters. The highest BCUT2D eigenvalue weighted by Gasteiger charge is 2.32. The molecule has 1 N–H and O–H groups in total. The summed E-state index contributed by atoms with van der Waals surface area (Å²) < 4.78 is 1.08. The van der Waals surface area contributed by atoms with Gasteiger partial charge in [-0.1, -0.05) is 31.4 Å². The van der Waals surface area contributed by atoms with Gasteiger partial charge in [0.05, 0.1) is 8.81 Å². The van der Waals surface area contributed by atoms with Crippen LogP contribution in [0.5, 0.6) is 0 Å². The van der Waals surface area contributed by atoms with Crippen LogP contribution in [-0.4, -0.2) is 13.1 Å². The summed E-state index contributed by atoms with van der Waals surface area (Å²) in [4.78, 5) is 1.43. The molecule has 1 aliphatic carbocycles. The van der Waals surface area contributed by atoms with Gasteiger partial charge in [0, 0.05) is 4.88 Å². The van der Waals surface area contributed by atoms with Crippen LogP contribution in [0.4, 0.5) is 0 Å². The van der Waals surface area contributed by atoms with E-state index in [4.69, 9.17) is 11.6 Å². The number of aryl methyl sites for hydroxylation is 1. The Morgan fingerprint density at radius 3 is 2.65 bits per heavy atom. The van der Waals surface area contributed by atoms with Gasteiger partial charge in [-0.3, -0.25) is 0 Å². The molecule has 1 fully saturated rings. The van der Waals surface area contributed by atoms with Crippen LogP contribution in [0, 0.1) is 5.41 Å². The normalized spacial score (nSPS) is 17.8. The van der Waals surface area contributed by atoms with Crippen molar-refractivity contribution in [2.75, 3.05) is 13.1 Å². The standard InChI is InChI=1S/C16H25BrClNS/c1-2-10-19-11-9-16(6-3-4-7-16)8-5-13-12-14(18)15(17)20-13/h12,19H,2-11H2,1H3. The average Bonchev–Trinajstić information content (AvgIpc) is 3.02. The predicted octanol–water partition coefficient (Wildman–Crippen LogP) is 6.05. The molecule has 0 saturated heterocycles. The molecule has 0 amide bonds. The zero-order chi connectivity index (χ0) is 14.4. The molecule has 114 valence electrons. The molecular weight excluding hydrogens is 354 g/mol. The van der Waals surface area contributed by atoms with E-state index in [9.17, 15) is 0 Å². The summed E-state index contributed by atoms with van der Waals surface area (Å²) in [7, 11) is 0. The number of thiophene rings is 1. The van der Waals surface area contributed by atoms with Crippen molar-refractivity contribution < 1.29 is 0 Å². The molecule has 0 bridgehead atoms. The summed E-state index contributed by atoms with van der Waals surface area (Å²) in [6.45, 7) is 4.57. The molecule has 1 saturated carbocycles. The lowest BCUT2D eigenvalue weighted by atomic mass is 9.78. The number of hydrogen-bond acceptors (Lipinski definition) is 2. The third kappa shape index (κ3) is 4.72. The maximum atomic E-state index is 6.13. The van der Waals surface area contributed by atoms with E-state index in [0.717, 1.165) is 15.4 Å². The molecule has 1 nitrogen and oxygen atoms in total. The summed E-state index contributed by atoms with van der Waals surface area (Å²) in [5, 5.41) is 4.44. The highest BCUT2D eigenvalue weighted by atomic mass is 79.9. The van der Waals surface area contributed by atoms with E-state index in [1.54, 1.807) is 11.3 Å². The Labute approximate surface area is 140 Å². The quantitative estimate of drug-likeness (QED) is 0.543. The van der Waals surface area contributed by atoms with Crippen LogP contribution in [0.15, 0.2) is 9.85 Å². The number of nitrogens with one attached hydrogen (secondary N) is 1. The second-order valence-corrected chi connectivity index (χ2v) is 8.90. The van der Waals surface area contributed by atoms with E-state index in [1.165, 1.54) is 62.8 Å². The minimum Gasteiger partial charge on any atom is -0.317 e. The van der Waals surface area contributed by atoms with Gasteiger partial charge in [0.1, 0.15) is 0 Å². The molecule has 1 aliphatic rings. The number of halogens is 2. The molecule has 20 heavy (non-hydrogen) atoms. The average molecular weight is 379 g/mol. The summed E-state index contributed by atoms with van der Waals surface area (Å²) in [5.74, 6) is 0. The van der Waals surface area contributed by atoms with E-state index >= 15 is 0 Å². The van der Waals surface area contributed by atoms with Crippen molar-refractivity contribution in [3.05, 3.63) is 19.8 Å². The van der Waals surface area contributed by atoms with Crippen LogP contribution in [-0.2, 0) is 6.42 Å². The zero-order valence-corrected chi connectivity index (χ0v) is 15.5. The van der Waals surface area contributed by atoms with E-state index in [1.807, 2.05) is 0 Å². The van der Waals surface area contributed by atoms with Crippen molar-refractivity contribution in [2.24, 2.45) is 5.41 Å². The summed E-state index contributed by atoms with van der Waals surface area (Å²) in [5.41, 5.74) is 0.587. The Morgan fingerprint density at radius 1 is 1.30 bits per heavy atom. The van der Waals surface area contributed by atoms with Gasteiger partial charge >= 0.3 is 0 Å². The SMILES string of the molecule is CCCNCCC1(CCc2cc(Cl)c(Br)s2)CCCC1. The first-order valence-corrected chi connectivity index (χ1v) is 9.78. The van der Waals surface area contributed by atoms with Gasteiger partial charge in [0.2, 0.25) is 0 Å². The fraction of sp³-hybridized carbons (Fsp3) is 0.750. The summed E-state index contributed by atoms with van der Waals surface area (Å²) in [6, 6.07) is 2.13. The lowest BCUT2D eigenvalue weighted by Gasteiger charge is -2.29. The van der Waals surface area contributed by atoms with Gasteiger partial charge < -0.3 is 5.32 Å². The molecule has 0 aromatic carbocycles. The largest absolute Gasteiger partial charge is 0.317 e. The fourth-order valence-corrected chi connectivity index (χ4v) is 5.13. The van der Waals surface area contributed by atoms with Gasteiger partial charge in [-0.05, 0) is 79.0 Å². The smallest absolute Gasteiger partial charge is 0.0887 e. The summed E-state index contributed by atoms with van der Waals surface area (Å²) in [6.07, 6.45) is 10.8. The predicted molar refractivity (Wildman–Crippen MR) is 94.0 cm³/mol. The molecular formula is C16H25BrClNS. The van der Waals surface area contributed by atoms with Crippen molar-refractivity contribution in [3.8, 4) is 0 Å². The molecule has 2 rings (SSSR count). The monoisotopic (exact) mass is 377 g/mol.